The molecule has 3 N–H and O–H groups in total. The number of nitrogens with zero attached hydrogens (tertiary/aromatic N) is 1. The summed E-state index contributed by atoms with van der Waals surface area (Å²) >= 11 is 3.54. The molecule has 1 aromatic heterocycles. The molecule has 5 rings (SSSR count). The van der Waals surface area contributed by atoms with Crippen LogP contribution in [-0.4, -0.2) is 34.1 Å². The SMILES string of the molecule is COc1ccc([C@@H]2C=C(c3c(-c4ccccc4)c4cc(Br)ccc4[nH]c3=O)NN2C(=O)CCC(=O)O)cc1. The molecule has 0 fully saturated rings. The molecule has 0 aliphatic carbocycles. The van der Waals surface area contributed by atoms with E-state index in [0.29, 0.717) is 22.5 Å². The van der Waals surface area contributed by atoms with E-state index in [1.807, 2.05) is 66.7 Å². The van der Waals surface area contributed by atoms with Crippen LogP contribution in [0.2, 0.25) is 0 Å². The number of rotatable bonds is 7. The van der Waals surface area contributed by atoms with E-state index < -0.39 is 17.9 Å². The first-order valence-corrected chi connectivity index (χ1v) is 12.7. The van der Waals surface area contributed by atoms with Gasteiger partial charge >= 0.3 is 5.97 Å². The Labute approximate surface area is 226 Å². The number of H-pyrrole nitrogens is 1. The minimum absolute atomic E-state index is 0.192. The number of carbonyl (C=O) groups excluding carboxylic acids is 1. The van der Waals surface area contributed by atoms with Crippen LogP contribution in [0.5, 0.6) is 5.75 Å². The van der Waals surface area contributed by atoms with E-state index in [-0.39, 0.29) is 18.4 Å². The highest BCUT2D eigenvalue weighted by Gasteiger charge is 2.33. The Hall–Kier alpha value is -4.37. The van der Waals surface area contributed by atoms with E-state index in [1.165, 1.54) is 5.01 Å². The first-order chi connectivity index (χ1) is 18.4. The zero-order chi connectivity index (χ0) is 26.8. The minimum atomic E-state index is -1.06. The van der Waals surface area contributed by atoms with Crippen molar-refractivity contribution in [2.24, 2.45) is 0 Å². The number of carboxylic acid groups (broad SMARTS) is 1. The Balaban J connectivity index is 1.69. The molecule has 192 valence electrons. The van der Waals surface area contributed by atoms with Gasteiger partial charge in [-0.25, -0.2) is 5.01 Å². The zero-order valence-corrected chi connectivity index (χ0v) is 22.0. The van der Waals surface area contributed by atoms with Crippen molar-refractivity contribution < 1.29 is 19.4 Å². The number of nitrogens with one attached hydrogen (secondary N) is 2. The second-order valence-electron chi connectivity index (χ2n) is 8.83. The number of hydrogen-bond donors (Lipinski definition) is 3. The summed E-state index contributed by atoms with van der Waals surface area (Å²) in [6, 6.07) is 21.9. The topological polar surface area (TPSA) is 112 Å². The van der Waals surface area contributed by atoms with Crippen molar-refractivity contribution in [3.63, 3.8) is 0 Å². The number of ether oxygens (including phenoxy) is 1. The second kappa shape index (κ2) is 10.5. The lowest BCUT2D eigenvalue weighted by molar-refractivity contribution is -0.142. The van der Waals surface area contributed by atoms with E-state index in [1.54, 1.807) is 19.2 Å². The van der Waals surface area contributed by atoms with Crippen LogP contribution in [0.15, 0.2) is 88.1 Å². The maximum atomic E-state index is 13.6. The van der Waals surface area contributed by atoms with Crippen LogP contribution >= 0.6 is 15.9 Å². The van der Waals surface area contributed by atoms with Gasteiger partial charge in [0.2, 0.25) is 5.91 Å². The van der Waals surface area contributed by atoms with Gasteiger partial charge in [-0.1, -0.05) is 58.4 Å². The Morgan fingerprint density at radius 3 is 2.42 bits per heavy atom. The van der Waals surface area contributed by atoms with E-state index >= 15 is 0 Å². The third-order valence-corrected chi connectivity index (χ3v) is 6.92. The number of carboxylic acids is 1. The summed E-state index contributed by atoms with van der Waals surface area (Å²) in [5.41, 5.74) is 6.67. The number of hydrazine groups is 1. The van der Waals surface area contributed by atoms with Gasteiger partial charge in [0, 0.05) is 27.4 Å². The van der Waals surface area contributed by atoms with Gasteiger partial charge < -0.3 is 14.8 Å². The summed E-state index contributed by atoms with van der Waals surface area (Å²) in [6.07, 6.45) is 1.32. The minimum Gasteiger partial charge on any atom is -0.497 e. The molecule has 0 saturated heterocycles. The fourth-order valence-corrected chi connectivity index (χ4v) is 4.99. The Morgan fingerprint density at radius 2 is 1.74 bits per heavy atom. The largest absolute Gasteiger partial charge is 0.497 e. The molecule has 1 amide bonds. The smallest absolute Gasteiger partial charge is 0.303 e. The first-order valence-electron chi connectivity index (χ1n) is 11.9. The average molecular weight is 574 g/mol. The highest BCUT2D eigenvalue weighted by molar-refractivity contribution is 9.10. The van der Waals surface area contributed by atoms with Crippen molar-refractivity contribution in [1.82, 2.24) is 15.4 Å². The summed E-state index contributed by atoms with van der Waals surface area (Å²) in [7, 11) is 1.57. The van der Waals surface area contributed by atoms with Crippen LogP contribution in [0.1, 0.15) is 30.0 Å². The molecular formula is C29H24BrN3O5. The number of aromatic amines is 1. The van der Waals surface area contributed by atoms with E-state index in [0.717, 1.165) is 26.5 Å². The first kappa shape index (κ1) is 25.3. The maximum Gasteiger partial charge on any atom is 0.303 e. The normalized spacial score (nSPS) is 14.7. The van der Waals surface area contributed by atoms with Gasteiger partial charge in [0.15, 0.2) is 0 Å². The predicted molar refractivity (Wildman–Crippen MR) is 148 cm³/mol. The molecule has 4 aromatic rings. The van der Waals surface area contributed by atoms with Crippen LogP contribution in [0.25, 0.3) is 27.7 Å². The van der Waals surface area contributed by atoms with E-state index in [9.17, 15) is 14.4 Å². The Kier molecular flexibility index (Phi) is 7.02. The molecule has 8 nitrogen and oxygen atoms in total. The number of aliphatic carboxylic acids is 1. The van der Waals surface area contributed by atoms with Gasteiger partial charge in [-0.15, -0.1) is 0 Å². The van der Waals surface area contributed by atoms with E-state index in [4.69, 9.17) is 9.84 Å². The molecule has 1 atom stereocenters. The molecule has 1 aliphatic heterocycles. The van der Waals surface area contributed by atoms with Crippen LogP contribution in [0.3, 0.4) is 0 Å². The lowest BCUT2D eigenvalue weighted by Gasteiger charge is -2.26. The van der Waals surface area contributed by atoms with Gasteiger partial charge in [-0.3, -0.25) is 19.8 Å². The number of fused-ring (bicyclic) bond motifs is 1. The van der Waals surface area contributed by atoms with Crippen molar-refractivity contribution in [1.29, 1.82) is 0 Å². The summed E-state index contributed by atoms with van der Waals surface area (Å²) in [6.45, 7) is 0. The quantitative estimate of drug-likeness (QED) is 0.278. The van der Waals surface area contributed by atoms with Gasteiger partial charge in [0.25, 0.3) is 5.56 Å². The fraction of sp³-hybridized carbons (Fsp3) is 0.138. The second-order valence-corrected chi connectivity index (χ2v) is 9.74. The number of pyridine rings is 1. The number of methoxy groups -OCH3 is 1. The number of aromatic nitrogens is 1. The van der Waals surface area contributed by atoms with Crippen LogP contribution in [0.4, 0.5) is 0 Å². The number of amides is 1. The molecule has 9 heteroatoms. The maximum absolute atomic E-state index is 13.6. The monoisotopic (exact) mass is 573 g/mol. The number of carbonyl (C=O) groups is 2. The Morgan fingerprint density at radius 1 is 1.00 bits per heavy atom. The molecule has 0 spiro atoms. The number of halogens is 1. The summed E-state index contributed by atoms with van der Waals surface area (Å²) in [5.74, 6) is -0.800. The number of hydrogen-bond acceptors (Lipinski definition) is 5. The van der Waals surface area contributed by atoms with Gasteiger partial charge in [-0.05, 0) is 47.5 Å². The highest BCUT2D eigenvalue weighted by Crippen LogP contribution is 2.38. The highest BCUT2D eigenvalue weighted by atomic mass is 79.9. The van der Waals surface area contributed by atoms with Crippen LogP contribution < -0.4 is 15.7 Å². The average Bonchev–Trinajstić information content (AvgIpc) is 3.37. The molecule has 1 aliphatic rings. The molecule has 0 bridgehead atoms. The summed E-state index contributed by atoms with van der Waals surface area (Å²) < 4.78 is 6.12. The zero-order valence-electron chi connectivity index (χ0n) is 20.4. The summed E-state index contributed by atoms with van der Waals surface area (Å²) in [5, 5.41) is 11.4. The number of benzene rings is 3. The van der Waals surface area contributed by atoms with Crippen molar-refractivity contribution in [2.75, 3.05) is 7.11 Å². The molecule has 38 heavy (non-hydrogen) atoms. The molecule has 2 heterocycles. The van der Waals surface area contributed by atoms with Crippen LogP contribution in [0, 0.1) is 0 Å². The molecule has 0 saturated carbocycles. The molecule has 3 aromatic carbocycles. The predicted octanol–water partition coefficient (Wildman–Crippen LogP) is 5.26. The molecule has 0 unspecified atom stereocenters. The Bertz CT molecular complexity index is 1610. The van der Waals surface area contributed by atoms with Crippen LogP contribution in [-0.2, 0) is 9.59 Å². The van der Waals surface area contributed by atoms with Gasteiger partial charge in [0.05, 0.1) is 30.8 Å². The van der Waals surface area contributed by atoms with Gasteiger partial charge in [0.1, 0.15) is 5.75 Å². The molecular weight excluding hydrogens is 550 g/mol. The fourth-order valence-electron chi connectivity index (χ4n) is 4.63. The lowest BCUT2D eigenvalue weighted by Crippen LogP contribution is -2.40. The molecule has 0 radical (unpaired) electrons. The van der Waals surface area contributed by atoms with Crippen molar-refractivity contribution >= 4 is 44.4 Å². The third-order valence-electron chi connectivity index (χ3n) is 6.43. The summed E-state index contributed by atoms with van der Waals surface area (Å²) in [4.78, 5) is 40.9. The van der Waals surface area contributed by atoms with Crippen molar-refractivity contribution in [3.8, 4) is 16.9 Å². The van der Waals surface area contributed by atoms with Crippen molar-refractivity contribution in [3.05, 3.63) is 105 Å². The lowest BCUT2D eigenvalue weighted by atomic mass is 9.94. The van der Waals surface area contributed by atoms with Gasteiger partial charge in [-0.2, -0.15) is 0 Å². The standard InChI is InChI=1S/C29H24BrN3O5/c1-38-20-10-7-17(8-11-20)24-16-23(32-33(24)25(34)13-14-26(35)36)28-27(18-5-3-2-4-6-18)21-15-19(30)9-12-22(21)31-29(28)37/h2-12,15-16,24,32H,13-14H2,1H3,(H,31,37)(H,35,36)/t24-/m0/s1. The van der Waals surface area contributed by atoms with E-state index in [2.05, 4.69) is 26.3 Å². The third kappa shape index (κ3) is 4.92. The van der Waals surface area contributed by atoms with Crippen molar-refractivity contribution in [2.45, 2.75) is 18.9 Å².